The summed E-state index contributed by atoms with van der Waals surface area (Å²) in [6.07, 6.45) is -4.44. The molecular weight excluding hydrogens is 265 g/mol. The molecule has 6 nitrogen and oxygen atoms in total. The Morgan fingerprint density at radius 1 is 1.32 bits per heavy atom. The zero-order valence-corrected chi connectivity index (χ0v) is 9.49. The van der Waals surface area contributed by atoms with Gasteiger partial charge in [0.05, 0.1) is 0 Å². The van der Waals surface area contributed by atoms with Crippen LogP contribution in [0.25, 0.3) is 11.0 Å². The molecule has 19 heavy (non-hydrogen) atoms. The molecule has 0 saturated carbocycles. The highest BCUT2D eigenvalue weighted by Crippen LogP contribution is 2.16. The number of hydrogen-bond acceptors (Lipinski definition) is 4. The fraction of sp³-hybridized carbons (Fsp3) is 0.300. The summed E-state index contributed by atoms with van der Waals surface area (Å²) < 4.78 is 39.6. The van der Waals surface area contributed by atoms with Gasteiger partial charge >= 0.3 is 6.18 Å². The predicted octanol–water partition coefficient (Wildman–Crippen LogP) is 1.48. The van der Waals surface area contributed by atoms with Gasteiger partial charge in [0.1, 0.15) is 24.2 Å². The summed E-state index contributed by atoms with van der Waals surface area (Å²) in [6.45, 7) is -2.13. The van der Waals surface area contributed by atoms with Gasteiger partial charge in [-0.1, -0.05) is 0 Å². The predicted molar refractivity (Wildman–Crippen MR) is 59.4 cm³/mol. The Balaban J connectivity index is 1.88. The number of carbonyl (C=O) groups is 1. The van der Waals surface area contributed by atoms with E-state index in [9.17, 15) is 18.0 Å². The van der Waals surface area contributed by atoms with Crippen LogP contribution in [0.5, 0.6) is 0 Å². The van der Waals surface area contributed by atoms with Crippen LogP contribution in [-0.2, 0) is 9.53 Å². The van der Waals surface area contributed by atoms with Crippen LogP contribution in [-0.4, -0.2) is 40.7 Å². The minimum absolute atomic E-state index is 0.405. The molecule has 1 heterocycles. The number of fused-ring (bicyclic) bond motifs is 1. The maximum absolute atomic E-state index is 11.8. The van der Waals surface area contributed by atoms with Crippen LogP contribution < -0.4 is 5.32 Å². The van der Waals surface area contributed by atoms with Crippen molar-refractivity contribution in [2.45, 2.75) is 6.18 Å². The first-order valence-corrected chi connectivity index (χ1v) is 5.19. The van der Waals surface area contributed by atoms with E-state index in [1.165, 1.54) is 0 Å². The van der Waals surface area contributed by atoms with Gasteiger partial charge in [0.25, 0.3) is 0 Å². The molecule has 9 heteroatoms. The number of benzene rings is 1. The maximum atomic E-state index is 11.8. The van der Waals surface area contributed by atoms with Gasteiger partial charge in [-0.2, -0.15) is 28.6 Å². The first-order valence-electron chi connectivity index (χ1n) is 5.19. The number of carbonyl (C=O) groups excluding carboxylic acids is 1. The Labute approximate surface area is 104 Å². The number of anilines is 1. The van der Waals surface area contributed by atoms with Crippen LogP contribution in [0.1, 0.15) is 0 Å². The molecule has 2 rings (SSSR count). The normalized spacial score (nSPS) is 11.7. The summed E-state index contributed by atoms with van der Waals surface area (Å²) in [7, 11) is 0. The van der Waals surface area contributed by atoms with Gasteiger partial charge in [0.15, 0.2) is 0 Å². The van der Waals surface area contributed by atoms with Crippen molar-refractivity contribution in [3.05, 3.63) is 18.2 Å². The van der Waals surface area contributed by atoms with Gasteiger partial charge in [-0.05, 0) is 18.2 Å². The van der Waals surface area contributed by atoms with Crippen LogP contribution in [0.3, 0.4) is 0 Å². The van der Waals surface area contributed by atoms with Crippen molar-refractivity contribution >= 4 is 22.6 Å². The molecule has 0 fully saturated rings. The number of hydrogen-bond donors (Lipinski definition) is 2. The van der Waals surface area contributed by atoms with Crippen LogP contribution in [0.2, 0.25) is 0 Å². The number of alkyl halides is 3. The lowest BCUT2D eigenvalue weighted by Gasteiger charge is -2.08. The van der Waals surface area contributed by atoms with Crippen molar-refractivity contribution in [1.82, 2.24) is 15.4 Å². The van der Waals surface area contributed by atoms with Gasteiger partial charge in [0.2, 0.25) is 5.91 Å². The van der Waals surface area contributed by atoms with Crippen molar-refractivity contribution in [3.8, 4) is 0 Å². The zero-order valence-electron chi connectivity index (χ0n) is 9.49. The molecule has 0 saturated heterocycles. The third-order valence-corrected chi connectivity index (χ3v) is 2.10. The third-order valence-electron chi connectivity index (χ3n) is 2.10. The number of rotatable bonds is 4. The lowest BCUT2D eigenvalue weighted by Crippen LogP contribution is -2.23. The maximum Gasteiger partial charge on any atom is 0.411 e. The second-order valence-corrected chi connectivity index (χ2v) is 3.68. The Morgan fingerprint density at radius 2 is 2.05 bits per heavy atom. The minimum atomic E-state index is -4.44. The fourth-order valence-electron chi connectivity index (χ4n) is 1.37. The molecule has 0 aliphatic carbocycles. The second-order valence-electron chi connectivity index (χ2n) is 3.68. The lowest BCUT2D eigenvalue weighted by molar-refractivity contribution is -0.174. The van der Waals surface area contributed by atoms with E-state index in [1.54, 1.807) is 18.2 Å². The molecule has 102 valence electrons. The molecule has 0 radical (unpaired) electrons. The van der Waals surface area contributed by atoms with Crippen LogP contribution >= 0.6 is 0 Å². The molecule has 0 aliphatic heterocycles. The zero-order chi connectivity index (χ0) is 13.9. The van der Waals surface area contributed by atoms with E-state index in [0.717, 1.165) is 0 Å². The molecule has 1 aromatic heterocycles. The number of ether oxygens (including phenoxy) is 1. The molecule has 1 aromatic carbocycles. The largest absolute Gasteiger partial charge is 0.411 e. The number of nitrogens with one attached hydrogen (secondary N) is 2. The molecule has 0 spiro atoms. The van der Waals surface area contributed by atoms with Crippen LogP contribution in [0, 0.1) is 0 Å². The standard InChI is InChI=1S/C10H9F3N4O2/c11-10(12,13)5-19-4-9(18)14-6-1-2-7-8(3-6)16-17-15-7/h1-3H,4-5H2,(H,14,18)(H,15,16,17). The van der Waals surface area contributed by atoms with Crippen LogP contribution in [0.4, 0.5) is 18.9 Å². The fourth-order valence-corrected chi connectivity index (χ4v) is 1.37. The number of aromatic nitrogens is 3. The average Bonchev–Trinajstić information content (AvgIpc) is 2.74. The van der Waals surface area contributed by atoms with Crippen molar-refractivity contribution in [1.29, 1.82) is 0 Å². The topological polar surface area (TPSA) is 79.9 Å². The van der Waals surface area contributed by atoms with E-state index in [0.29, 0.717) is 16.7 Å². The van der Waals surface area contributed by atoms with Crippen molar-refractivity contribution in [3.63, 3.8) is 0 Å². The summed E-state index contributed by atoms with van der Waals surface area (Å²) in [5.41, 5.74) is 1.56. The average molecular weight is 274 g/mol. The molecule has 0 aliphatic rings. The van der Waals surface area contributed by atoms with Crippen LogP contribution in [0.15, 0.2) is 18.2 Å². The summed E-state index contributed by atoms with van der Waals surface area (Å²) in [4.78, 5) is 11.3. The Hall–Kier alpha value is -2.16. The van der Waals surface area contributed by atoms with Gasteiger partial charge < -0.3 is 10.1 Å². The Bertz CT molecular complexity index is 581. The molecule has 2 aromatic rings. The highest BCUT2D eigenvalue weighted by atomic mass is 19.4. The second kappa shape index (κ2) is 5.22. The van der Waals surface area contributed by atoms with E-state index in [2.05, 4.69) is 25.5 Å². The Kier molecular flexibility index (Phi) is 3.65. The van der Waals surface area contributed by atoms with Crippen molar-refractivity contribution < 1.29 is 22.7 Å². The number of amides is 1. The monoisotopic (exact) mass is 274 g/mol. The van der Waals surface area contributed by atoms with E-state index < -0.39 is 25.3 Å². The number of aromatic amines is 1. The highest BCUT2D eigenvalue weighted by molar-refractivity contribution is 5.93. The Morgan fingerprint density at radius 3 is 2.79 bits per heavy atom. The van der Waals surface area contributed by atoms with Gasteiger partial charge in [-0.25, -0.2) is 0 Å². The molecule has 0 bridgehead atoms. The summed E-state index contributed by atoms with van der Waals surface area (Å²) in [6, 6.07) is 4.72. The molecule has 0 unspecified atom stereocenters. The molecule has 0 atom stereocenters. The van der Waals surface area contributed by atoms with Gasteiger partial charge in [-0.15, -0.1) is 0 Å². The number of halogens is 3. The smallest absolute Gasteiger partial charge is 0.362 e. The first kappa shape index (κ1) is 13.3. The number of H-pyrrole nitrogens is 1. The SMILES string of the molecule is O=C(COCC(F)(F)F)Nc1ccc2n[nH]nc2c1. The van der Waals surface area contributed by atoms with Gasteiger partial charge in [0, 0.05) is 5.69 Å². The molecule has 1 amide bonds. The lowest BCUT2D eigenvalue weighted by atomic mass is 10.3. The van der Waals surface area contributed by atoms with E-state index in [-0.39, 0.29) is 0 Å². The summed E-state index contributed by atoms with van der Waals surface area (Å²) >= 11 is 0. The summed E-state index contributed by atoms with van der Waals surface area (Å²) in [5, 5.41) is 12.4. The molecule has 2 N–H and O–H groups in total. The first-order chi connectivity index (χ1) is 8.94. The quantitative estimate of drug-likeness (QED) is 0.884. The molecular formula is C10H9F3N4O2. The summed E-state index contributed by atoms with van der Waals surface area (Å²) in [5.74, 6) is -0.674. The van der Waals surface area contributed by atoms with Crippen molar-refractivity contribution in [2.75, 3.05) is 18.5 Å². The van der Waals surface area contributed by atoms with E-state index in [1.807, 2.05) is 0 Å². The van der Waals surface area contributed by atoms with E-state index in [4.69, 9.17) is 0 Å². The van der Waals surface area contributed by atoms with Crippen molar-refractivity contribution in [2.24, 2.45) is 0 Å². The highest BCUT2D eigenvalue weighted by Gasteiger charge is 2.27. The van der Waals surface area contributed by atoms with E-state index >= 15 is 0 Å². The minimum Gasteiger partial charge on any atom is -0.362 e. The third kappa shape index (κ3) is 3.91. The number of nitrogens with zero attached hydrogens (tertiary/aromatic N) is 2. The van der Waals surface area contributed by atoms with Gasteiger partial charge in [-0.3, -0.25) is 4.79 Å².